The molecule has 3 N–H and O–H groups in total. The average Bonchev–Trinajstić information content (AvgIpc) is 2.34. The Bertz CT molecular complexity index is 634. The van der Waals surface area contributed by atoms with E-state index in [1.807, 2.05) is 0 Å². The number of benzene rings is 1. The van der Waals surface area contributed by atoms with Crippen LogP contribution >= 0.6 is 0 Å². The number of carbonyl (C=O) groups excluding carboxylic acids is 1. The van der Waals surface area contributed by atoms with Crippen LogP contribution < -0.4 is 10.9 Å². The molecule has 0 spiro atoms. The van der Waals surface area contributed by atoms with Crippen molar-refractivity contribution >= 4 is 11.6 Å². The third kappa shape index (κ3) is 2.51. The molecule has 0 saturated carbocycles. The van der Waals surface area contributed by atoms with Gasteiger partial charge >= 0.3 is 0 Å². The summed E-state index contributed by atoms with van der Waals surface area (Å²) in [5.74, 6) is -1.95. The predicted octanol–water partition coefficient (Wildman–Crippen LogP) is 0.867. The summed E-state index contributed by atoms with van der Waals surface area (Å²) in [6, 6.07) is 5.82. The minimum Gasteiger partial charge on any atom is -0.505 e. The molecule has 0 aliphatic rings. The topological polar surface area (TPSA) is 95.1 Å². The zero-order valence-corrected chi connectivity index (χ0v) is 8.98. The summed E-state index contributed by atoms with van der Waals surface area (Å²) in [4.78, 5) is 22.4. The summed E-state index contributed by atoms with van der Waals surface area (Å²) in [5, 5.41) is 17.0. The van der Waals surface area contributed by atoms with Crippen LogP contribution in [0.5, 0.6) is 5.75 Å². The van der Waals surface area contributed by atoms with Crippen LogP contribution in [0.25, 0.3) is 0 Å². The number of H-pyrrole nitrogens is 1. The number of hydrogen-bond donors (Lipinski definition) is 3. The van der Waals surface area contributed by atoms with E-state index in [0.717, 1.165) is 18.2 Å². The maximum Gasteiger partial charge on any atom is 0.276 e. The Hall–Kier alpha value is -2.70. The first-order chi connectivity index (χ1) is 8.56. The maximum absolute atomic E-state index is 13.0. The number of phenolic OH excluding ortho intramolecular Hbond substituents is 1. The maximum atomic E-state index is 13.0. The Kier molecular flexibility index (Phi) is 3.05. The second-order valence-corrected chi connectivity index (χ2v) is 3.43. The average molecular weight is 249 g/mol. The van der Waals surface area contributed by atoms with Gasteiger partial charge in [0.05, 0.1) is 0 Å². The number of nitrogens with zero attached hydrogens (tertiary/aromatic N) is 1. The fourth-order valence-electron chi connectivity index (χ4n) is 1.25. The quantitative estimate of drug-likeness (QED) is 0.688. The normalized spacial score (nSPS) is 10.1. The zero-order chi connectivity index (χ0) is 13.1. The minimum absolute atomic E-state index is 0.0110. The van der Waals surface area contributed by atoms with Crippen molar-refractivity contribution < 1.29 is 14.3 Å². The van der Waals surface area contributed by atoms with Gasteiger partial charge in [-0.25, -0.2) is 9.49 Å². The lowest BCUT2D eigenvalue weighted by Crippen LogP contribution is -2.17. The lowest BCUT2D eigenvalue weighted by molar-refractivity contribution is 0.102. The first kappa shape index (κ1) is 11.8. The van der Waals surface area contributed by atoms with Gasteiger partial charge in [-0.3, -0.25) is 9.59 Å². The van der Waals surface area contributed by atoms with Gasteiger partial charge in [-0.15, -0.1) is 0 Å². The molecule has 0 atom stereocenters. The van der Waals surface area contributed by atoms with Gasteiger partial charge in [0.1, 0.15) is 5.69 Å². The third-order valence-electron chi connectivity index (χ3n) is 2.12. The Morgan fingerprint density at radius 2 is 2.11 bits per heavy atom. The van der Waals surface area contributed by atoms with Crippen LogP contribution in [0.4, 0.5) is 10.1 Å². The van der Waals surface area contributed by atoms with Crippen LogP contribution in [-0.2, 0) is 0 Å². The molecule has 2 aromatic rings. The van der Waals surface area contributed by atoms with E-state index in [0.29, 0.717) is 0 Å². The summed E-state index contributed by atoms with van der Waals surface area (Å²) in [6.45, 7) is 0. The molecule has 1 aromatic carbocycles. The summed E-state index contributed by atoms with van der Waals surface area (Å²) < 4.78 is 13.0. The number of aromatic nitrogens is 2. The Morgan fingerprint density at radius 3 is 2.72 bits per heavy atom. The monoisotopic (exact) mass is 249 g/mol. The zero-order valence-electron chi connectivity index (χ0n) is 8.98. The summed E-state index contributed by atoms with van der Waals surface area (Å²) >= 11 is 0. The van der Waals surface area contributed by atoms with Gasteiger partial charge in [-0.2, -0.15) is 5.10 Å². The highest BCUT2D eigenvalue weighted by atomic mass is 19.1. The molecular weight excluding hydrogens is 241 g/mol. The number of phenols is 1. The van der Waals surface area contributed by atoms with Crippen molar-refractivity contribution in [2.75, 3.05) is 5.32 Å². The van der Waals surface area contributed by atoms with Gasteiger partial charge in [-0.1, -0.05) is 0 Å². The van der Waals surface area contributed by atoms with E-state index in [4.69, 9.17) is 5.11 Å². The second-order valence-electron chi connectivity index (χ2n) is 3.43. The molecule has 92 valence electrons. The number of aromatic amines is 1. The molecule has 0 aliphatic carbocycles. The smallest absolute Gasteiger partial charge is 0.276 e. The summed E-state index contributed by atoms with van der Waals surface area (Å²) in [6.07, 6.45) is 0. The number of halogens is 1. The van der Waals surface area contributed by atoms with Crippen LogP contribution in [0.1, 0.15) is 10.5 Å². The number of hydrogen-bond acceptors (Lipinski definition) is 4. The number of anilines is 1. The molecule has 0 saturated heterocycles. The SMILES string of the molecule is O=C(Nc1ccc(O)c(F)c1)c1ccc(=O)[nH]n1. The van der Waals surface area contributed by atoms with Crippen LogP contribution in [0.2, 0.25) is 0 Å². The summed E-state index contributed by atoms with van der Waals surface area (Å²) in [7, 11) is 0. The van der Waals surface area contributed by atoms with Crippen LogP contribution in [0, 0.1) is 5.82 Å². The highest BCUT2D eigenvalue weighted by Crippen LogP contribution is 2.19. The number of nitrogens with one attached hydrogen (secondary N) is 2. The predicted molar refractivity (Wildman–Crippen MR) is 60.9 cm³/mol. The second kappa shape index (κ2) is 4.66. The van der Waals surface area contributed by atoms with E-state index >= 15 is 0 Å². The molecule has 18 heavy (non-hydrogen) atoms. The third-order valence-corrected chi connectivity index (χ3v) is 2.12. The lowest BCUT2D eigenvalue weighted by atomic mass is 10.2. The van der Waals surface area contributed by atoms with Crippen molar-refractivity contribution in [1.29, 1.82) is 0 Å². The fourth-order valence-corrected chi connectivity index (χ4v) is 1.25. The number of aromatic hydroxyl groups is 1. The van der Waals surface area contributed by atoms with Crippen LogP contribution in [0.15, 0.2) is 35.1 Å². The fraction of sp³-hybridized carbons (Fsp3) is 0. The molecule has 0 aliphatic heterocycles. The standard InChI is InChI=1S/C11H8FN3O3/c12-7-5-6(1-3-9(7)16)13-11(18)8-2-4-10(17)15-14-8/h1-5,16H,(H,13,18)(H,15,17). The van der Waals surface area contributed by atoms with E-state index in [1.54, 1.807) is 0 Å². The molecule has 0 unspecified atom stereocenters. The first-order valence-corrected chi connectivity index (χ1v) is 4.92. The van der Waals surface area contributed by atoms with Gasteiger partial charge in [0.15, 0.2) is 11.6 Å². The largest absolute Gasteiger partial charge is 0.505 e. The Labute approximate surface area is 100 Å². The molecule has 0 bridgehead atoms. The van der Waals surface area contributed by atoms with Crippen molar-refractivity contribution in [3.8, 4) is 5.75 Å². The molecule has 7 heteroatoms. The number of amides is 1. The molecule has 0 radical (unpaired) electrons. The molecular formula is C11H8FN3O3. The molecule has 2 rings (SSSR count). The Morgan fingerprint density at radius 1 is 1.33 bits per heavy atom. The van der Waals surface area contributed by atoms with E-state index in [-0.39, 0.29) is 11.4 Å². The van der Waals surface area contributed by atoms with E-state index < -0.39 is 23.0 Å². The van der Waals surface area contributed by atoms with Crippen LogP contribution in [0.3, 0.4) is 0 Å². The van der Waals surface area contributed by atoms with Gasteiger partial charge in [0.25, 0.3) is 11.5 Å². The lowest BCUT2D eigenvalue weighted by Gasteiger charge is -2.04. The number of carbonyl (C=O) groups is 1. The van der Waals surface area contributed by atoms with Crippen molar-refractivity contribution in [2.45, 2.75) is 0 Å². The number of rotatable bonds is 2. The van der Waals surface area contributed by atoms with E-state index in [2.05, 4.69) is 15.5 Å². The highest BCUT2D eigenvalue weighted by molar-refractivity contribution is 6.02. The Balaban J connectivity index is 2.18. The van der Waals surface area contributed by atoms with Gasteiger partial charge in [-0.05, 0) is 18.2 Å². The molecule has 6 nitrogen and oxygen atoms in total. The molecule has 0 fully saturated rings. The van der Waals surface area contributed by atoms with Gasteiger partial charge < -0.3 is 10.4 Å². The molecule has 1 heterocycles. The molecule has 1 aromatic heterocycles. The first-order valence-electron chi connectivity index (χ1n) is 4.92. The summed E-state index contributed by atoms with van der Waals surface area (Å²) in [5.41, 5.74) is -0.270. The van der Waals surface area contributed by atoms with Crippen molar-refractivity contribution in [3.05, 3.63) is 52.2 Å². The van der Waals surface area contributed by atoms with Crippen molar-refractivity contribution in [1.82, 2.24) is 10.2 Å². The van der Waals surface area contributed by atoms with E-state index in [9.17, 15) is 14.0 Å². The van der Waals surface area contributed by atoms with Gasteiger partial charge in [0, 0.05) is 17.8 Å². The van der Waals surface area contributed by atoms with Crippen LogP contribution in [-0.4, -0.2) is 21.2 Å². The van der Waals surface area contributed by atoms with Crippen molar-refractivity contribution in [2.24, 2.45) is 0 Å². The van der Waals surface area contributed by atoms with Gasteiger partial charge in [0.2, 0.25) is 0 Å². The van der Waals surface area contributed by atoms with E-state index in [1.165, 1.54) is 12.1 Å². The van der Waals surface area contributed by atoms with Crippen molar-refractivity contribution in [3.63, 3.8) is 0 Å². The minimum atomic E-state index is -0.845. The molecule has 1 amide bonds. The highest BCUT2D eigenvalue weighted by Gasteiger charge is 2.09.